The predicted molar refractivity (Wildman–Crippen MR) is 74.0 cm³/mol. The largest absolute Gasteiger partial charge is 1.00 e. The standard InChI is InChI=1S/C15H10O5.K.H/c16-9-3-1-8(2-4-9)11-7-20-13-6-10(17)5-12(18)14(13)15(11)19;;/h1-7,16-18H;;/q;+1;-1. The molecule has 0 aliphatic heterocycles. The van der Waals surface area contributed by atoms with Crippen LogP contribution in [0.5, 0.6) is 17.2 Å². The van der Waals surface area contributed by atoms with E-state index in [1.54, 1.807) is 12.1 Å². The van der Waals surface area contributed by atoms with E-state index in [1.165, 1.54) is 24.5 Å². The molecule has 0 bridgehead atoms. The van der Waals surface area contributed by atoms with E-state index in [-0.39, 0.29) is 86.6 Å². The Hall–Kier alpha value is -1.31. The molecule has 2 aromatic carbocycles. The molecule has 0 aliphatic rings. The molecule has 1 heterocycles. The molecule has 0 aliphatic carbocycles. The Morgan fingerprint density at radius 1 is 0.952 bits per heavy atom. The third-order valence-electron chi connectivity index (χ3n) is 3.02. The quantitative estimate of drug-likeness (QED) is 0.537. The average Bonchev–Trinajstić information content (AvgIpc) is 2.39. The summed E-state index contributed by atoms with van der Waals surface area (Å²) in [6.07, 6.45) is 1.26. The first kappa shape index (κ1) is 16.1. The van der Waals surface area contributed by atoms with E-state index in [4.69, 9.17) is 4.42 Å². The molecule has 3 aromatic rings. The molecule has 0 fully saturated rings. The van der Waals surface area contributed by atoms with Crippen molar-refractivity contribution in [3.8, 4) is 28.4 Å². The first-order valence-corrected chi connectivity index (χ1v) is 5.83. The molecule has 0 saturated heterocycles. The summed E-state index contributed by atoms with van der Waals surface area (Å²) in [7, 11) is 0. The molecule has 6 heteroatoms. The Kier molecular flexibility index (Phi) is 4.75. The number of rotatable bonds is 1. The number of aromatic hydroxyl groups is 3. The second-order valence-corrected chi connectivity index (χ2v) is 4.36. The maximum atomic E-state index is 12.4. The molecule has 102 valence electrons. The summed E-state index contributed by atoms with van der Waals surface area (Å²) in [6.45, 7) is 0. The summed E-state index contributed by atoms with van der Waals surface area (Å²) < 4.78 is 5.29. The van der Waals surface area contributed by atoms with Gasteiger partial charge in [0.2, 0.25) is 5.43 Å². The second kappa shape index (κ2) is 6.21. The van der Waals surface area contributed by atoms with Crippen molar-refractivity contribution in [3.05, 3.63) is 52.9 Å². The van der Waals surface area contributed by atoms with Crippen molar-refractivity contribution in [1.29, 1.82) is 0 Å². The number of benzene rings is 2. The summed E-state index contributed by atoms with van der Waals surface area (Å²) in [5.41, 5.74) is 0.522. The first-order valence-electron chi connectivity index (χ1n) is 5.83. The van der Waals surface area contributed by atoms with E-state index in [9.17, 15) is 20.1 Å². The van der Waals surface area contributed by atoms with Crippen molar-refractivity contribution in [2.75, 3.05) is 0 Å². The Bertz CT molecular complexity index is 858. The summed E-state index contributed by atoms with van der Waals surface area (Å²) >= 11 is 0. The zero-order valence-corrected chi connectivity index (χ0v) is 14.3. The molecule has 21 heavy (non-hydrogen) atoms. The summed E-state index contributed by atoms with van der Waals surface area (Å²) in [5, 5.41) is 28.4. The van der Waals surface area contributed by atoms with Crippen molar-refractivity contribution in [3.63, 3.8) is 0 Å². The fourth-order valence-electron chi connectivity index (χ4n) is 2.06. The zero-order valence-electron chi connectivity index (χ0n) is 12.2. The molecule has 3 N–H and O–H groups in total. The minimum atomic E-state index is -0.408. The van der Waals surface area contributed by atoms with Crippen molar-refractivity contribution < 1.29 is 72.5 Å². The van der Waals surface area contributed by atoms with Gasteiger partial charge in [0.05, 0.1) is 5.56 Å². The molecule has 1 aromatic heterocycles. The van der Waals surface area contributed by atoms with Gasteiger partial charge in [-0.1, -0.05) is 12.1 Å². The van der Waals surface area contributed by atoms with Crippen LogP contribution in [-0.2, 0) is 0 Å². The van der Waals surface area contributed by atoms with Gasteiger partial charge in [0, 0.05) is 12.1 Å². The molecule has 0 radical (unpaired) electrons. The number of phenolic OH excluding ortho intramolecular Hbond substituents is 3. The minimum absolute atomic E-state index is 0. The molecule has 3 rings (SSSR count). The van der Waals surface area contributed by atoms with E-state index >= 15 is 0 Å². The third-order valence-corrected chi connectivity index (χ3v) is 3.02. The molecular weight excluding hydrogens is 299 g/mol. The maximum absolute atomic E-state index is 12.4. The summed E-state index contributed by atoms with van der Waals surface area (Å²) in [5.74, 6) is -0.434. The van der Waals surface area contributed by atoms with Crippen LogP contribution < -0.4 is 56.8 Å². The van der Waals surface area contributed by atoms with Gasteiger partial charge in [-0.05, 0) is 17.7 Å². The zero-order chi connectivity index (χ0) is 14.3. The van der Waals surface area contributed by atoms with Gasteiger partial charge in [-0.2, -0.15) is 0 Å². The van der Waals surface area contributed by atoms with Crippen LogP contribution >= 0.6 is 0 Å². The second-order valence-electron chi connectivity index (χ2n) is 4.36. The number of hydrogen-bond donors (Lipinski definition) is 3. The SMILES string of the molecule is O=c1c(-c2ccc(O)cc2)coc2cc(O)cc(O)c12.[H-].[K+]. The number of phenols is 3. The van der Waals surface area contributed by atoms with Gasteiger partial charge in [0.1, 0.15) is 34.5 Å². The van der Waals surface area contributed by atoms with Gasteiger partial charge in [0.15, 0.2) is 0 Å². The Morgan fingerprint density at radius 2 is 1.62 bits per heavy atom. The smallest absolute Gasteiger partial charge is 1.00 e. The van der Waals surface area contributed by atoms with Crippen LogP contribution in [0.1, 0.15) is 1.43 Å². The molecule has 0 saturated carbocycles. The van der Waals surface area contributed by atoms with Gasteiger partial charge < -0.3 is 21.2 Å². The van der Waals surface area contributed by atoms with E-state index in [2.05, 4.69) is 0 Å². The Morgan fingerprint density at radius 3 is 2.29 bits per heavy atom. The summed E-state index contributed by atoms with van der Waals surface area (Å²) in [4.78, 5) is 12.4. The normalized spacial score (nSPS) is 10.3. The van der Waals surface area contributed by atoms with E-state index in [0.717, 1.165) is 6.07 Å². The fraction of sp³-hybridized carbons (Fsp3) is 0. The monoisotopic (exact) mass is 310 g/mol. The average molecular weight is 310 g/mol. The van der Waals surface area contributed by atoms with Gasteiger partial charge >= 0.3 is 51.4 Å². The topological polar surface area (TPSA) is 90.9 Å². The van der Waals surface area contributed by atoms with Gasteiger partial charge in [0.25, 0.3) is 0 Å². The molecule has 0 atom stereocenters. The molecule has 0 unspecified atom stereocenters. The first-order chi connectivity index (χ1) is 9.56. The van der Waals surface area contributed by atoms with Crippen molar-refractivity contribution >= 4 is 11.0 Å². The van der Waals surface area contributed by atoms with Gasteiger partial charge in [-0.15, -0.1) is 0 Å². The molecule has 0 spiro atoms. The Balaban J connectivity index is 0.00000121. The number of fused-ring (bicyclic) bond motifs is 1. The van der Waals surface area contributed by atoms with Gasteiger partial charge in [-0.3, -0.25) is 4.79 Å². The predicted octanol–water partition coefficient (Wildman–Crippen LogP) is -0.307. The minimum Gasteiger partial charge on any atom is -1.00 e. The van der Waals surface area contributed by atoms with Crippen LogP contribution in [0.15, 0.2) is 51.9 Å². The van der Waals surface area contributed by atoms with Crippen LogP contribution in [0.3, 0.4) is 0 Å². The maximum Gasteiger partial charge on any atom is 1.00 e. The van der Waals surface area contributed by atoms with E-state index in [1.807, 2.05) is 0 Å². The van der Waals surface area contributed by atoms with Crippen LogP contribution in [0, 0.1) is 0 Å². The molecular formula is C15H11KO5. The summed E-state index contributed by atoms with van der Waals surface area (Å²) in [6, 6.07) is 8.40. The van der Waals surface area contributed by atoms with Gasteiger partial charge in [-0.25, -0.2) is 0 Å². The van der Waals surface area contributed by atoms with Crippen LogP contribution in [0.2, 0.25) is 0 Å². The van der Waals surface area contributed by atoms with Crippen molar-refractivity contribution in [2.24, 2.45) is 0 Å². The van der Waals surface area contributed by atoms with Crippen LogP contribution in [0.25, 0.3) is 22.1 Å². The Labute approximate surface area is 163 Å². The molecule has 5 nitrogen and oxygen atoms in total. The van der Waals surface area contributed by atoms with E-state index in [0.29, 0.717) is 5.56 Å². The van der Waals surface area contributed by atoms with Crippen molar-refractivity contribution in [2.45, 2.75) is 0 Å². The van der Waals surface area contributed by atoms with Crippen LogP contribution in [0.4, 0.5) is 0 Å². The number of hydrogen-bond acceptors (Lipinski definition) is 5. The van der Waals surface area contributed by atoms with E-state index < -0.39 is 5.43 Å². The molecule has 0 amide bonds. The third kappa shape index (κ3) is 2.99. The fourth-order valence-corrected chi connectivity index (χ4v) is 2.06. The van der Waals surface area contributed by atoms with Crippen LogP contribution in [-0.4, -0.2) is 15.3 Å². The van der Waals surface area contributed by atoms with Crippen molar-refractivity contribution in [1.82, 2.24) is 0 Å².